The first-order valence-corrected chi connectivity index (χ1v) is 18.0. The molecule has 1 heteroatoms. The minimum Gasteiger partial charge on any atom is -0.389 e. The maximum Gasteiger partial charge on any atom is 0.0143 e. The highest BCUT2D eigenvalue weighted by Crippen LogP contribution is 2.79. The molecule has 3 fully saturated rings. The number of unbranched alkanes of at least 4 members (excludes halogenated alkanes) is 3. The zero-order valence-corrected chi connectivity index (χ0v) is 29.0. The van der Waals surface area contributed by atoms with E-state index in [0.29, 0.717) is 27.1 Å². The molecule has 7 atom stereocenters. The molecule has 1 N–H and O–H groups in total. The average Bonchev–Trinajstić information content (AvgIpc) is 3.11. The summed E-state index contributed by atoms with van der Waals surface area (Å²) in [4.78, 5) is 0. The van der Waals surface area contributed by atoms with E-state index in [9.17, 15) is 0 Å². The van der Waals surface area contributed by atoms with Crippen molar-refractivity contribution in [3.8, 4) is 0 Å². The van der Waals surface area contributed by atoms with Gasteiger partial charge in [-0.3, -0.25) is 0 Å². The molecule has 3 saturated carbocycles. The maximum absolute atomic E-state index is 4.45. The van der Waals surface area contributed by atoms with E-state index in [2.05, 4.69) is 79.9 Å². The van der Waals surface area contributed by atoms with E-state index in [1.165, 1.54) is 114 Å². The van der Waals surface area contributed by atoms with Crippen molar-refractivity contribution in [2.45, 2.75) is 165 Å². The fraction of sp³-hybridized carbons (Fsp3) is 0.850. The third-order valence-electron chi connectivity index (χ3n) is 14.6. The number of fused-ring (bicyclic) bond motifs is 5. The van der Waals surface area contributed by atoms with Gasteiger partial charge in [-0.15, -0.1) is 6.58 Å². The van der Waals surface area contributed by atoms with Crippen molar-refractivity contribution in [1.82, 2.24) is 5.32 Å². The van der Waals surface area contributed by atoms with Crippen molar-refractivity contribution in [2.75, 3.05) is 6.54 Å². The van der Waals surface area contributed by atoms with E-state index < -0.39 is 0 Å². The van der Waals surface area contributed by atoms with Crippen LogP contribution < -0.4 is 5.32 Å². The van der Waals surface area contributed by atoms with Crippen LogP contribution in [0.3, 0.4) is 0 Å². The van der Waals surface area contributed by atoms with Crippen LogP contribution in [0.25, 0.3) is 0 Å². The number of allylic oxidation sites excluding steroid dienone is 4. The predicted octanol–water partition coefficient (Wildman–Crippen LogP) is 12.2. The highest BCUT2D eigenvalue weighted by Gasteiger charge is 2.70. The van der Waals surface area contributed by atoms with Crippen LogP contribution in [-0.2, 0) is 0 Å². The number of hydrogen-bond donors (Lipinski definition) is 1. The molecule has 6 unspecified atom stereocenters. The molecule has 4 aliphatic rings. The Hall–Kier alpha value is -0.980. The van der Waals surface area contributed by atoms with Crippen molar-refractivity contribution < 1.29 is 0 Å². The molecule has 1 nitrogen and oxygen atoms in total. The standard InChI is InChI=1S/C40H69N/c1-30(2)16-12-11-15-27-41-32(5)28-33-20-22-37(7)34(29-33)18-19-35-38(37,8)25-26-40(10)36(6,23-24-39(35,40)9)21-14-13-17-31(3)4/h18,31,33,35,41H,1,5,11-17,19-29H2,2-4,6-10H3/t33?,35?,36?,37?,38?,39-,40?/m0/s1. The van der Waals surface area contributed by atoms with Gasteiger partial charge in [-0.25, -0.2) is 0 Å². The molecule has 0 amide bonds. The molecule has 0 heterocycles. The Morgan fingerprint density at radius 2 is 1.63 bits per heavy atom. The summed E-state index contributed by atoms with van der Waals surface area (Å²) in [5.74, 6) is 2.44. The van der Waals surface area contributed by atoms with Gasteiger partial charge in [0.25, 0.3) is 0 Å². The lowest BCUT2D eigenvalue weighted by atomic mass is 9.35. The Kier molecular flexibility index (Phi) is 10.1. The van der Waals surface area contributed by atoms with Gasteiger partial charge in [0.2, 0.25) is 0 Å². The topological polar surface area (TPSA) is 12.0 Å². The van der Waals surface area contributed by atoms with Crippen molar-refractivity contribution in [3.63, 3.8) is 0 Å². The predicted molar refractivity (Wildman–Crippen MR) is 181 cm³/mol. The summed E-state index contributed by atoms with van der Waals surface area (Å²) in [6, 6.07) is 0. The van der Waals surface area contributed by atoms with Crippen LogP contribution in [-0.4, -0.2) is 6.54 Å². The molecule has 0 aliphatic heterocycles. The molecule has 0 radical (unpaired) electrons. The third kappa shape index (κ3) is 6.05. The Morgan fingerprint density at radius 1 is 0.902 bits per heavy atom. The average molecular weight is 564 g/mol. The Balaban J connectivity index is 1.39. The molecule has 4 aliphatic carbocycles. The van der Waals surface area contributed by atoms with Crippen LogP contribution in [0.4, 0.5) is 0 Å². The molecule has 0 aromatic heterocycles. The second-order valence-corrected chi connectivity index (χ2v) is 17.3. The van der Waals surface area contributed by atoms with Gasteiger partial charge in [0.05, 0.1) is 0 Å². The van der Waals surface area contributed by atoms with Crippen LogP contribution >= 0.6 is 0 Å². The molecule has 234 valence electrons. The molecule has 0 aromatic carbocycles. The van der Waals surface area contributed by atoms with Gasteiger partial charge in [-0.1, -0.05) is 98.0 Å². The lowest BCUT2D eigenvalue weighted by Crippen LogP contribution is -2.61. The van der Waals surface area contributed by atoms with Gasteiger partial charge in [-0.05, 0) is 135 Å². The Morgan fingerprint density at radius 3 is 2.34 bits per heavy atom. The van der Waals surface area contributed by atoms with Gasteiger partial charge in [0, 0.05) is 12.2 Å². The van der Waals surface area contributed by atoms with Gasteiger partial charge in [-0.2, -0.15) is 0 Å². The fourth-order valence-corrected chi connectivity index (χ4v) is 11.1. The van der Waals surface area contributed by atoms with Crippen molar-refractivity contribution in [3.05, 3.63) is 36.1 Å². The van der Waals surface area contributed by atoms with Crippen LogP contribution in [0.5, 0.6) is 0 Å². The zero-order chi connectivity index (χ0) is 30.1. The van der Waals surface area contributed by atoms with Crippen LogP contribution in [0.1, 0.15) is 165 Å². The zero-order valence-electron chi connectivity index (χ0n) is 29.0. The minimum absolute atomic E-state index is 0.380. The molecule has 41 heavy (non-hydrogen) atoms. The lowest BCUT2D eigenvalue weighted by Gasteiger charge is -2.69. The summed E-state index contributed by atoms with van der Waals surface area (Å²) in [5, 5.41) is 3.68. The van der Waals surface area contributed by atoms with E-state index in [-0.39, 0.29) is 0 Å². The highest BCUT2D eigenvalue weighted by atomic mass is 14.9. The SMILES string of the molecule is C=C(C)CCCCCNC(=C)CC1CCC2(C)C(=CCC3C2(C)CCC2(C)C(C)(CCCCC(C)C)CC[C@@]32C)C1. The summed E-state index contributed by atoms with van der Waals surface area (Å²) in [7, 11) is 0. The summed E-state index contributed by atoms with van der Waals surface area (Å²) in [6.45, 7) is 30.2. The van der Waals surface area contributed by atoms with E-state index in [1.807, 2.05) is 5.57 Å². The monoisotopic (exact) mass is 564 g/mol. The van der Waals surface area contributed by atoms with Crippen molar-refractivity contribution >= 4 is 0 Å². The summed E-state index contributed by atoms with van der Waals surface area (Å²) >= 11 is 0. The summed E-state index contributed by atoms with van der Waals surface area (Å²) in [6.07, 6.45) is 25.8. The fourth-order valence-electron chi connectivity index (χ4n) is 11.1. The molecule has 0 saturated heterocycles. The van der Waals surface area contributed by atoms with Crippen molar-refractivity contribution in [2.24, 2.45) is 44.8 Å². The van der Waals surface area contributed by atoms with E-state index in [1.54, 1.807) is 0 Å². The van der Waals surface area contributed by atoms with Crippen LogP contribution in [0, 0.1) is 44.8 Å². The van der Waals surface area contributed by atoms with E-state index in [4.69, 9.17) is 0 Å². The number of hydrogen-bond acceptors (Lipinski definition) is 1. The minimum atomic E-state index is 0.380. The summed E-state index contributed by atoms with van der Waals surface area (Å²) < 4.78 is 0. The third-order valence-corrected chi connectivity index (χ3v) is 14.6. The molecule has 0 aromatic rings. The smallest absolute Gasteiger partial charge is 0.0143 e. The first kappa shape index (κ1) is 32.9. The lowest BCUT2D eigenvalue weighted by molar-refractivity contribution is -0.174. The van der Waals surface area contributed by atoms with E-state index >= 15 is 0 Å². The number of nitrogens with one attached hydrogen (secondary N) is 1. The maximum atomic E-state index is 4.45. The highest BCUT2D eigenvalue weighted by molar-refractivity contribution is 5.31. The second-order valence-electron chi connectivity index (χ2n) is 17.3. The Bertz CT molecular complexity index is 971. The van der Waals surface area contributed by atoms with E-state index in [0.717, 1.165) is 30.7 Å². The van der Waals surface area contributed by atoms with Crippen molar-refractivity contribution in [1.29, 1.82) is 0 Å². The van der Waals surface area contributed by atoms with Crippen LogP contribution in [0.2, 0.25) is 0 Å². The van der Waals surface area contributed by atoms with Crippen LogP contribution in [0.15, 0.2) is 36.1 Å². The Labute approximate surface area is 256 Å². The number of rotatable bonds is 14. The molecule has 4 rings (SSSR count). The largest absolute Gasteiger partial charge is 0.389 e. The first-order valence-electron chi connectivity index (χ1n) is 18.0. The molecular formula is C40H69N. The molecule has 0 bridgehead atoms. The van der Waals surface area contributed by atoms with Gasteiger partial charge < -0.3 is 5.32 Å². The second kappa shape index (κ2) is 12.6. The van der Waals surface area contributed by atoms with Gasteiger partial charge >= 0.3 is 0 Å². The first-order chi connectivity index (χ1) is 19.2. The summed E-state index contributed by atoms with van der Waals surface area (Å²) in [5.41, 5.74) is 6.70. The van der Waals surface area contributed by atoms with Gasteiger partial charge in [0.15, 0.2) is 0 Å². The molecule has 0 spiro atoms. The quantitative estimate of drug-likeness (QED) is 0.164. The van der Waals surface area contributed by atoms with Gasteiger partial charge in [0.1, 0.15) is 0 Å². The molecular weight excluding hydrogens is 494 g/mol. The normalized spacial score (nSPS) is 40.0.